The van der Waals surface area contributed by atoms with Gasteiger partial charge in [-0.25, -0.2) is 4.98 Å². The maximum Gasteiger partial charge on any atom is 0.0948 e. The summed E-state index contributed by atoms with van der Waals surface area (Å²) in [7, 11) is 0. The molecule has 0 aliphatic carbocycles. The Labute approximate surface area is 153 Å². The van der Waals surface area contributed by atoms with Crippen molar-refractivity contribution in [1.82, 2.24) is 24.3 Å². The molecule has 4 aromatic rings. The molecule has 26 heavy (non-hydrogen) atoms. The van der Waals surface area contributed by atoms with E-state index in [0.29, 0.717) is 0 Å². The smallest absolute Gasteiger partial charge is 0.0948 e. The van der Waals surface area contributed by atoms with E-state index in [9.17, 15) is 0 Å². The molecule has 0 amide bonds. The highest BCUT2D eigenvalue weighted by Crippen LogP contribution is 2.27. The molecule has 3 aromatic heterocycles. The number of hydrogen-bond acceptors (Lipinski definition) is 3. The van der Waals surface area contributed by atoms with E-state index in [0.717, 1.165) is 41.2 Å². The van der Waals surface area contributed by atoms with Gasteiger partial charge < -0.3 is 4.57 Å². The first-order chi connectivity index (χ1) is 12.7. The topological polar surface area (TPSA) is 48.5 Å². The Bertz CT molecular complexity index is 1030. The highest BCUT2D eigenvalue weighted by atomic mass is 15.3. The zero-order valence-corrected chi connectivity index (χ0v) is 15.0. The lowest BCUT2D eigenvalue weighted by Gasteiger charge is -2.07. The molecule has 0 bridgehead atoms. The van der Waals surface area contributed by atoms with Gasteiger partial charge in [0, 0.05) is 36.3 Å². The van der Waals surface area contributed by atoms with Crippen molar-refractivity contribution in [2.24, 2.45) is 0 Å². The summed E-state index contributed by atoms with van der Waals surface area (Å²) in [5.74, 6) is 0. The molecule has 0 aliphatic rings. The number of pyridine rings is 1. The molecule has 5 nitrogen and oxygen atoms in total. The third-order valence-electron chi connectivity index (χ3n) is 4.61. The van der Waals surface area contributed by atoms with Crippen molar-refractivity contribution in [3.05, 3.63) is 78.8 Å². The van der Waals surface area contributed by atoms with E-state index in [-0.39, 0.29) is 0 Å². The van der Waals surface area contributed by atoms with Crippen molar-refractivity contribution in [3.63, 3.8) is 0 Å². The molecule has 0 saturated carbocycles. The number of benzene rings is 1. The molecule has 0 spiro atoms. The summed E-state index contributed by atoms with van der Waals surface area (Å²) < 4.78 is 4.09. The molecule has 3 heterocycles. The number of aromatic nitrogens is 5. The Morgan fingerprint density at radius 1 is 1.00 bits per heavy atom. The second-order valence-corrected chi connectivity index (χ2v) is 6.34. The van der Waals surface area contributed by atoms with Crippen LogP contribution in [0, 0.1) is 6.92 Å². The largest absolute Gasteiger partial charge is 0.333 e. The lowest BCUT2D eigenvalue weighted by molar-refractivity contribution is 0.624. The first kappa shape index (κ1) is 16.3. The molecule has 0 radical (unpaired) electrons. The molecule has 0 aliphatic heterocycles. The van der Waals surface area contributed by atoms with Crippen molar-refractivity contribution in [2.45, 2.75) is 26.9 Å². The van der Waals surface area contributed by atoms with E-state index in [1.807, 2.05) is 41.9 Å². The SMILES string of the molecule is CCn1cncc1Cn1ccc(-c2cccc(-c3cnccc3C)c2)n1. The van der Waals surface area contributed by atoms with Gasteiger partial charge in [-0.3, -0.25) is 9.67 Å². The summed E-state index contributed by atoms with van der Waals surface area (Å²) in [6, 6.07) is 12.5. The van der Waals surface area contributed by atoms with E-state index in [4.69, 9.17) is 5.10 Å². The minimum atomic E-state index is 0.718. The van der Waals surface area contributed by atoms with Crippen molar-refractivity contribution in [1.29, 1.82) is 0 Å². The van der Waals surface area contributed by atoms with Crippen LogP contribution in [0.15, 0.2) is 67.5 Å². The zero-order valence-electron chi connectivity index (χ0n) is 15.0. The first-order valence-electron chi connectivity index (χ1n) is 8.78. The van der Waals surface area contributed by atoms with Crippen molar-refractivity contribution in [3.8, 4) is 22.4 Å². The van der Waals surface area contributed by atoms with Gasteiger partial charge in [0.1, 0.15) is 0 Å². The van der Waals surface area contributed by atoms with Gasteiger partial charge in [0.15, 0.2) is 0 Å². The number of imidazole rings is 1. The van der Waals surface area contributed by atoms with Crippen LogP contribution in [-0.4, -0.2) is 24.3 Å². The molecule has 5 heteroatoms. The van der Waals surface area contributed by atoms with Crippen LogP contribution in [0.25, 0.3) is 22.4 Å². The molecule has 130 valence electrons. The molecular formula is C21H21N5. The maximum atomic E-state index is 4.75. The van der Waals surface area contributed by atoms with E-state index < -0.39 is 0 Å². The predicted octanol–water partition coefficient (Wildman–Crippen LogP) is 4.19. The average molecular weight is 343 g/mol. The van der Waals surface area contributed by atoms with Crippen molar-refractivity contribution in [2.75, 3.05) is 0 Å². The number of hydrogen-bond donors (Lipinski definition) is 0. The standard InChI is InChI=1S/C21H21N5/c1-3-25-15-23-12-19(25)14-26-10-8-21(24-26)18-6-4-5-17(11-18)20-13-22-9-7-16(20)2/h4-13,15H,3,14H2,1-2H3. The van der Waals surface area contributed by atoms with Crippen LogP contribution in [-0.2, 0) is 13.1 Å². The molecule has 4 rings (SSSR count). The molecule has 0 saturated heterocycles. The normalized spacial score (nSPS) is 11.0. The first-order valence-corrected chi connectivity index (χ1v) is 8.78. The second kappa shape index (κ2) is 6.96. The molecule has 0 N–H and O–H groups in total. The van der Waals surface area contributed by atoms with Crippen LogP contribution in [0.1, 0.15) is 18.2 Å². The number of rotatable bonds is 5. The van der Waals surface area contributed by atoms with Crippen LogP contribution >= 0.6 is 0 Å². The van der Waals surface area contributed by atoms with Crippen molar-refractivity contribution < 1.29 is 0 Å². The van der Waals surface area contributed by atoms with Crippen LogP contribution in [0.5, 0.6) is 0 Å². The molecular weight excluding hydrogens is 322 g/mol. The third-order valence-corrected chi connectivity index (χ3v) is 4.61. The van der Waals surface area contributed by atoms with Gasteiger partial charge in [-0.15, -0.1) is 0 Å². The van der Waals surface area contributed by atoms with Crippen LogP contribution < -0.4 is 0 Å². The summed E-state index contributed by atoms with van der Waals surface area (Å²) in [5, 5.41) is 4.75. The predicted molar refractivity (Wildman–Crippen MR) is 103 cm³/mol. The van der Waals surface area contributed by atoms with Gasteiger partial charge in [0.2, 0.25) is 0 Å². The highest BCUT2D eigenvalue weighted by molar-refractivity contribution is 5.72. The Hall–Kier alpha value is -3.21. The Morgan fingerprint density at radius 3 is 2.73 bits per heavy atom. The Kier molecular flexibility index (Phi) is 4.35. The molecule has 1 aromatic carbocycles. The van der Waals surface area contributed by atoms with Crippen LogP contribution in [0.2, 0.25) is 0 Å². The highest BCUT2D eigenvalue weighted by Gasteiger charge is 2.08. The summed E-state index contributed by atoms with van der Waals surface area (Å²) >= 11 is 0. The fourth-order valence-corrected chi connectivity index (χ4v) is 3.15. The third kappa shape index (κ3) is 3.16. The van der Waals surface area contributed by atoms with Gasteiger partial charge in [-0.05, 0) is 43.2 Å². The maximum absolute atomic E-state index is 4.75. The summed E-state index contributed by atoms with van der Waals surface area (Å²) in [6.07, 6.45) is 9.52. The van der Waals surface area contributed by atoms with E-state index >= 15 is 0 Å². The van der Waals surface area contributed by atoms with Gasteiger partial charge in [0.05, 0.1) is 30.5 Å². The van der Waals surface area contributed by atoms with Crippen molar-refractivity contribution >= 4 is 0 Å². The average Bonchev–Trinajstić information content (AvgIpc) is 3.32. The monoisotopic (exact) mass is 343 g/mol. The zero-order chi connectivity index (χ0) is 17.9. The van der Waals surface area contributed by atoms with Gasteiger partial charge >= 0.3 is 0 Å². The summed E-state index contributed by atoms with van der Waals surface area (Å²) in [4.78, 5) is 8.48. The van der Waals surface area contributed by atoms with Crippen LogP contribution in [0.3, 0.4) is 0 Å². The number of nitrogens with zero attached hydrogens (tertiary/aromatic N) is 5. The minimum absolute atomic E-state index is 0.718. The molecule has 0 unspecified atom stereocenters. The summed E-state index contributed by atoms with van der Waals surface area (Å²) in [5.41, 5.74) is 6.76. The van der Waals surface area contributed by atoms with Gasteiger partial charge in [-0.2, -0.15) is 5.10 Å². The minimum Gasteiger partial charge on any atom is -0.333 e. The van der Waals surface area contributed by atoms with E-state index in [1.165, 1.54) is 5.56 Å². The fourth-order valence-electron chi connectivity index (χ4n) is 3.15. The molecule has 0 fully saturated rings. The summed E-state index contributed by atoms with van der Waals surface area (Å²) in [6.45, 7) is 5.85. The number of aryl methyl sites for hydroxylation is 2. The lowest BCUT2D eigenvalue weighted by atomic mass is 10.00. The quantitative estimate of drug-likeness (QED) is 0.546. The second-order valence-electron chi connectivity index (χ2n) is 6.34. The molecule has 0 atom stereocenters. The van der Waals surface area contributed by atoms with E-state index in [1.54, 1.807) is 0 Å². The van der Waals surface area contributed by atoms with Gasteiger partial charge in [0.25, 0.3) is 0 Å². The van der Waals surface area contributed by atoms with E-state index in [2.05, 4.69) is 58.7 Å². The Morgan fingerprint density at radius 2 is 1.88 bits per heavy atom. The lowest BCUT2D eigenvalue weighted by Crippen LogP contribution is -2.06. The van der Waals surface area contributed by atoms with Crippen LogP contribution in [0.4, 0.5) is 0 Å². The Balaban J connectivity index is 1.62. The fraction of sp³-hybridized carbons (Fsp3) is 0.190. The van der Waals surface area contributed by atoms with Gasteiger partial charge in [-0.1, -0.05) is 18.2 Å².